The van der Waals surface area contributed by atoms with Crippen molar-refractivity contribution < 1.29 is 22.8 Å². The molecule has 0 saturated carbocycles. The van der Waals surface area contributed by atoms with Crippen LogP contribution in [-0.4, -0.2) is 19.5 Å². The van der Waals surface area contributed by atoms with E-state index in [2.05, 4.69) is 5.16 Å². The van der Waals surface area contributed by atoms with Gasteiger partial charge in [-0.1, -0.05) is 53.2 Å². The van der Waals surface area contributed by atoms with E-state index in [9.17, 15) is 12.8 Å². The molecule has 0 saturated heterocycles. The number of rotatable bonds is 5. The summed E-state index contributed by atoms with van der Waals surface area (Å²) in [4.78, 5) is 0.0386. The lowest BCUT2D eigenvalue weighted by atomic mass is 9.93. The van der Waals surface area contributed by atoms with Crippen LogP contribution in [-0.2, 0) is 20.2 Å². The molecule has 0 aromatic heterocycles. The number of ether oxygens (including phenoxy) is 1. The zero-order valence-corrected chi connectivity index (χ0v) is 19.1. The second-order valence-electron chi connectivity index (χ2n) is 7.79. The Bertz CT molecular complexity index is 1350. The summed E-state index contributed by atoms with van der Waals surface area (Å²) in [6.07, 6.45) is 0.0612. The van der Waals surface area contributed by atoms with Gasteiger partial charge in [-0.25, -0.2) is 12.8 Å². The van der Waals surface area contributed by atoms with Crippen LogP contribution in [0.15, 0.2) is 87.8 Å². The molecule has 33 heavy (non-hydrogen) atoms. The normalized spacial score (nSPS) is 18.9. The largest absolute Gasteiger partial charge is 0.481 e. The van der Waals surface area contributed by atoms with Crippen LogP contribution in [0.4, 0.5) is 4.39 Å². The Morgan fingerprint density at radius 3 is 2.24 bits per heavy atom. The predicted molar refractivity (Wildman–Crippen MR) is 124 cm³/mol. The molecule has 1 unspecified atom stereocenters. The summed E-state index contributed by atoms with van der Waals surface area (Å²) >= 11 is 6.02. The second-order valence-corrected chi connectivity index (χ2v) is 10.2. The number of benzene rings is 3. The highest BCUT2D eigenvalue weighted by Crippen LogP contribution is 2.48. The van der Waals surface area contributed by atoms with Gasteiger partial charge in [-0.3, -0.25) is 0 Å². The number of hydrogen-bond acceptors (Lipinski definition) is 5. The highest BCUT2D eigenvalue weighted by Gasteiger charge is 2.44. The van der Waals surface area contributed by atoms with Crippen LogP contribution in [0.1, 0.15) is 30.0 Å². The van der Waals surface area contributed by atoms with Crippen LogP contribution < -0.4 is 5.73 Å². The maximum absolute atomic E-state index is 13.6. The average molecular weight is 487 g/mol. The van der Waals surface area contributed by atoms with E-state index in [-0.39, 0.29) is 27.8 Å². The molecular weight excluding hydrogens is 467 g/mol. The summed E-state index contributed by atoms with van der Waals surface area (Å²) in [5.41, 5.74) is 6.37. The predicted octanol–water partition coefficient (Wildman–Crippen LogP) is 5.05. The molecule has 0 amide bonds. The number of amidine groups is 1. The van der Waals surface area contributed by atoms with Crippen LogP contribution in [0, 0.1) is 5.82 Å². The molecule has 1 atom stereocenters. The third-order valence-corrected chi connectivity index (χ3v) is 7.66. The van der Waals surface area contributed by atoms with Gasteiger partial charge in [0.25, 0.3) is 0 Å². The van der Waals surface area contributed by atoms with Gasteiger partial charge in [0, 0.05) is 22.6 Å². The quantitative estimate of drug-likeness (QED) is 0.173. The minimum atomic E-state index is -4.00. The van der Waals surface area contributed by atoms with Gasteiger partial charge in [0.05, 0.1) is 9.80 Å². The van der Waals surface area contributed by atoms with E-state index in [0.29, 0.717) is 16.1 Å². The van der Waals surface area contributed by atoms with Crippen LogP contribution in [0.3, 0.4) is 0 Å². The molecule has 9 heteroatoms. The van der Waals surface area contributed by atoms with Crippen molar-refractivity contribution in [3.8, 4) is 0 Å². The molecule has 3 N–H and O–H groups in total. The number of halogens is 2. The maximum atomic E-state index is 13.6. The molecule has 3 aromatic rings. The van der Waals surface area contributed by atoms with E-state index in [0.717, 1.165) is 17.7 Å². The first kappa shape index (κ1) is 22.8. The Labute approximate surface area is 195 Å². The lowest BCUT2D eigenvalue weighted by molar-refractivity contribution is 0.0777. The molecule has 0 radical (unpaired) electrons. The molecule has 0 fully saturated rings. The maximum Gasteiger partial charge on any atom is 0.206 e. The van der Waals surface area contributed by atoms with Crippen molar-refractivity contribution in [2.75, 3.05) is 0 Å². The van der Waals surface area contributed by atoms with Gasteiger partial charge in [0.15, 0.2) is 5.84 Å². The zero-order chi connectivity index (χ0) is 23.8. The molecule has 6 nitrogen and oxygen atoms in total. The summed E-state index contributed by atoms with van der Waals surface area (Å²) < 4.78 is 46.9. The minimum absolute atomic E-state index is 0.0337. The first-order valence-electron chi connectivity index (χ1n) is 9.91. The van der Waals surface area contributed by atoms with E-state index in [1.54, 1.807) is 55.5 Å². The fourth-order valence-electron chi connectivity index (χ4n) is 3.71. The molecule has 0 spiro atoms. The molecule has 170 valence electrons. The summed E-state index contributed by atoms with van der Waals surface area (Å²) in [5, 5.41) is 12.4. The van der Waals surface area contributed by atoms with Gasteiger partial charge in [0.1, 0.15) is 17.2 Å². The number of nitrogens with two attached hydrogens (primary N) is 1. The van der Waals surface area contributed by atoms with Crippen molar-refractivity contribution in [2.24, 2.45) is 10.9 Å². The summed E-state index contributed by atoms with van der Waals surface area (Å²) in [6, 6.07) is 18.1. The SMILES string of the molecule is CC1(c2ccc(Cl)cc2)CC(S(=O)(=O)c2ccc(F)cc2)=C(c2ccc(/C(N)=N\O)cc2)O1. The molecule has 3 aromatic carbocycles. The molecule has 1 aliphatic rings. The van der Waals surface area contributed by atoms with Gasteiger partial charge in [-0.15, -0.1) is 0 Å². The number of oxime groups is 1. The molecule has 0 aliphatic carbocycles. The minimum Gasteiger partial charge on any atom is -0.481 e. The first-order chi connectivity index (χ1) is 15.6. The summed E-state index contributed by atoms with van der Waals surface area (Å²) in [5.74, 6) is -0.425. The molecular formula is C24H20ClFN2O4S. The van der Waals surface area contributed by atoms with Crippen LogP contribution in [0.5, 0.6) is 0 Å². The van der Waals surface area contributed by atoms with E-state index in [4.69, 9.17) is 27.3 Å². The molecule has 4 rings (SSSR count). The van der Waals surface area contributed by atoms with Crippen molar-refractivity contribution in [1.82, 2.24) is 0 Å². The van der Waals surface area contributed by atoms with E-state index >= 15 is 0 Å². The Kier molecular flexibility index (Phi) is 5.90. The fraction of sp³-hybridized carbons (Fsp3) is 0.125. The summed E-state index contributed by atoms with van der Waals surface area (Å²) in [6.45, 7) is 1.80. The van der Waals surface area contributed by atoms with Crippen LogP contribution in [0.2, 0.25) is 5.02 Å². The van der Waals surface area contributed by atoms with Crippen LogP contribution in [0.25, 0.3) is 5.76 Å². The zero-order valence-electron chi connectivity index (χ0n) is 17.5. The monoisotopic (exact) mass is 486 g/mol. The Morgan fingerprint density at radius 1 is 1.06 bits per heavy atom. The topological polar surface area (TPSA) is 102 Å². The van der Waals surface area contributed by atoms with Crippen LogP contribution >= 0.6 is 11.6 Å². The Balaban J connectivity index is 1.84. The summed E-state index contributed by atoms with van der Waals surface area (Å²) in [7, 11) is -4.00. The standard InChI is InChI=1S/C24H20ClFN2O4S/c1-24(17-6-8-18(25)9-7-17)14-21(33(30,31)20-12-10-19(26)11-13-20)22(32-24)15-2-4-16(5-3-15)23(27)28-29/h2-13,29H,14H2,1H3,(H2,27,28). The first-order valence-corrected chi connectivity index (χ1v) is 11.8. The molecule has 1 heterocycles. The van der Waals surface area contributed by atoms with Gasteiger partial charge in [-0.05, 0) is 48.9 Å². The van der Waals surface area contributed by atoms with Gasteiger partial charge >= 0.3 is 0 Å². The highest BCUT2D eigenvalue weighted by atomic mass is 35.5. The number of hydrogen-bond donors (Lipinski definition) is 2. The van der Waals surface area contributed by atoms with Gasteiger partial charge < -0.3 is 15.7 Å². The second kappa shape index (κ2) is 8.53. The third-order valence-electron chi connectivity index (χ3n) is 5.53. The third kappa shape index (κ3) is 4.31. The van der Waals surface area contributed by atoms with Crippen molar-refractivity contribution >= 4 is 33.0 Å². The van der Waals surface area contributed by atoms with E-state index in [1.165, 1.54) is 12.1 Å². The van der Waals surface area contributed by atoms with E-state index in [1.807, 2.05) is 0 Å². The van der Waals surface area contributed by atoms with E-state index < -0.39 is 21.3 Å². The van der Waals surface area contributed by atoms with Crippen molar-refractivity contribution in [1.29, 1.82) is 0 Å². The fourth-order valence-corrected chi connectivity index (χ4v) is 5.49. The Hall–Kier alpha value is -3.36. The van der Waals surface area contributed by atoms with Gasteiger partial charge in [0.2, 0.25) is 9.84 Å². The van der Waals surface area contributed by atoms with Crippen molar-refractivity contribution in [3.63, 3.8) is 0 Å². The lowest BCUT2D eigenvalue weighted by Gasteiger charge is -2.26. The van der Waals surface area contributed by atoms with Gasteiger partial charge in [-0.2, -0.15) is 0 Å². The highest BCUT2D eigenvalue weighted by molar-refractivity contribution is 7.95. The molecule has 0 bridgehead atoms. The number of nitrogens with zero attached hydrogens (tertiary/aromatic N) is 1. The molecule has 1 aliphatic heterocycles. The van der Waals surface area contributed by atoms with Crippen molar-refractivity contribution in [3.05, 3.63) is 105 Å². The van der Waals surface area contributed by atoms with Crippen molar-refractivity contribution in [2.45, 2.75) is 23.8 Å². The Morgan fingerprint density at radius 2 is 1.67 bits per heavy atom. The smallest absolute Gasteiger partial charge is 0.206 e. The number of sulfone groups is 1. The average Bonchev–Trinajstić information content (AvgIpc) is 3.19. The lowest BCUT2D eigenvalue weighted by Crippen LogP contribution is -2.21.